The smallest absolute Gasteiger partial charge is 0.251 e. The van der Waals surface area contributed by atoms with Gasteiger partial charge in [-0.1, -0.05) is 19.3 Å². The molecule has 0 unspecified atom stereocenters. The van der Waals surface area contributed by atoms with E-state index in [0.717, 1.165) is 12.8 Å². The van der Waals surface area contributed by atoms with E-state index in [4.69, 9.17) is 5.11 Å². The first-order valence-electron chi connectivity index (χ1n) is 5.07. The van der Waals surface area contributed by atoms with Gasteiger partial charge in [-0.3, -0.25) is 4.79 Å². The van der Waals surface area contributed by atoms with E-state index in [2.05, 4.69) is 0 Å². The molecule has 0 saturated heterocycles. The molecular formula is C10H19NO2. The summed E-state index contributed by atoms with van der Waals surface area (Å²) < 4.78 is 0. The van der Waals surface area contributed by atoms with Crippen molar-refractivity contribution in [1.29, 1.82) is 0 Å². The van der Waals surface area contributed by atoms with Crippen molar-refractivity contribution < 1.29 is 9.90 Å². The molecule has 1 N–H and O–H groups in total. The molecule has 0 aliphatic heterocycles. The molecule has 3 heteroatoms. The van der Waals surface area contributed by atoms with Gasteiger partial charge < -0.3 is 10.0 Å². The average molecular weight is 185 g/mol. The van der Waals surface area contributed by atoms with Gasteiger partial charge in [0.15, 0.2) is 0 Å². The average Bonchev–Trinajstić information content (AvgIpc) is 2.17. The first-order chi connectivity index (χ1) is 6.13. The third-order valence-electron chi connectivity index (χ3n) is 2.83. The van der Waals surface area contributed by atoms with Crippen LogP contribution in [-0.2, 0) is 4.79 Å². The van der Waals surface area contributed by atoms with Crippen LogP contribution in [0.15, 0.2) is 0 Å². The largest absolute Gasteiger partial charge is 0.384 e. The van der Waals surface area contributed by atoms with E-state index in [1.54, 1.807) is 11.9 Å². The number of hydrogen-bond acceptors (Lipinski definition) is 2. The van der Waals surface area contributed by atoms with Crippen LogP contribution in [0.4, 0.5) is 0 Å². The lowest BCUT2D eigenvalue weighted by atomic mass is 9.94. The van der Waals surface area contributed by atoms with Crippen LogP contribution in [-0.4, -0.2) is 35.1 Å². The topological polar surface area (TPSA) is 40.5 Å². The molecule has 0 aromatic carbocycles. The Hall–Kier alpha value is -0.570. The van der Waals surface area contributed by atoms with E-state index in [1.807, 2.05) is 0 Å². The van der Waals surface area contributed by atoms with Gasteiger partial charge in [-0.2, -0.15) is 0 Å². The molecule has 1 saturated carbocycles. The Morgan fingerprint density at radius 1 is 1.38 bits per heavy atom. The predicted octanol–water partition coefficient (Wildman–Crippen LogP) is 1.16. The van der Waals surface area contributed by atoms with E-state index in [1.165, 1.54) is 26.2 Å². The molecule has 1 amide bonds. The molecule has 1 atom stereocenters. The molecule has 0 aromatic heterocycles. The Kier molecular flexibility index (Phi) is 3.72. The maximum Gasteiger partial charge on any atom is 0.251 e. The van der Waals surface area contributed by atoms with E-state index < -0.39 is 6.10 Å². The Bertz CT molecular complexity index is 174. The molecule has 1 fully saturated rings. The van der Waals surface area contributed by atoms with Crippen molar-refractivity contribution in [3.8, 4) is 0 Å². The number of aliphatic hydroxyl groups is 1. The zero-order valence-electron chi connectivity index (χ0n) is 8.49. The Labute approximate surface area is 79.7 Å². The summed E-state index contributed by atoms with van der Waals surface area (Å²) in [5, 5.41) is 9.13. The molecule has 0 spiro atoms. The van der Waals surface area contributed by atoms with Gasteiger partial charge in [-0.05, 0) is 19.8 Å². The van der Waals surface area contributed by atoms with Crippen LogP contribution >= 0.6 is 0 Å². The summed E-state index contributed by atoms with van der Waals surface area (Å²) in [5.41, 5.74) is 0. The van der Waals surface area contributed by atoms with E-state index in [0.29, 0.717) is 6.04 Å². The minimum Gasteiger partial charge on any atom is -0.384 e. The summed E-state index contributed by atoms with van der Waals surface area (Å²) in [6.45, 7) is 1.53. The van der Waals surface area contributed by atoms with Gasteiger partial charge in [0.2, 0.25) is 0 Å². The highest BCUT2D eigenvalue weighted by molar-refractivity contribution is 5.80. The van der Waals surface area contributed by atoms with Crippen molar-refractivity contribution in [2.75, 3.05) is 7.05 Å². The summed E-state index contributed by atoms with van der Waals surface area (Å²) in [6.07, 6.45) is 5.04. The zero-order valence-corrected chi connectivity index (χ0v) is 8.49. The lowest BCUT2D eigenvalue weighted by Gasteiger charge is -2.31. The van der Waals surface area contributed by atoms with Gasteiger partial charge in [-0.15, -0.1) is 0 Å². The van der Waals surface area contributed by atoms with Crippen molar-refractivity contribution in [1.82, 2.24) is 4.90 Å². The van der Waals surface area contributed by atoms with Crippen molar-refractivity contribution in [2.45, 2.75) is 51.2 Å². The molecule has 1 rings (SSSR count). The number of hydrogen-bond donors (Lipinski definition) is 1. The van der Waals surface area contributed by atoms with E-state index >= 15 is 0 Å². The number of rotatable bonds is 2. The molecule has 0 bridgehead atoms. The third-order valence-corrected chi connectivity index (χ3v) is 2.83. The summed E-state index contributed by atoms with van der Waals surface area (Å²) in [7, 11) is 1.80. The van der Waals surface area contributed by atoms with Gasteiger partial charge in [0, 0.05) is 13.1 Å². The molecule has 13 heavy (non-hydrogen) atoms. The van der Waals surface area contributed by atoms with Crippen molar-refractivity contribution in [3.63, 3.8) is 0 Å². The summed E-state index contributed by atoms with van der Waals surface area (Å²) in [6, 6.07) is 0.357. The van der Waals surface area contributed by atoms with E-state index in [-0.39, 0.29) is 5.91 Å². The zero-order chi connectivity index (χ0) is 9.84. The highest BCUT2D eigenvalue weighted by Crippen LogP contribution is 2.21. The van der Waals surface area contributed by atoms with E-state index in [9.17, 15) is 4.79 Å². The van der Waals surface area contributed by atoms with Gasteiger partial charge in [0.1, 0.15) is 6.10 Å². The second-order valence-electron chi connectivity index (χ2n) is 3.92. The molecule has 1 aliphatic rings. The van der Waals surface area contributed by atoms with Gasteiger partial charge in [0.25, 0.3) is 5.91 Å². The maximum absolute atomic E-state index is 11.4. The second kappa shape index (κ2) is 4.61. The number of likely N-dealkylation sites (N-methyl/N-ethyl adjacent to an activating group) is 1. The molecule has 0 heterocycles. The monoisotopic (exact) mass is 185 g/mol. The van der Waals surface area contributed by atoms with Crippen molar-refractivity contribution in [2.24, 2.45) is 0 Å². The van der Waals surface area contributed by atoms with Crippen LogP contribution in [0.2, 0.25) is 0 Å². The van der Waals surface area contributed by atoms with Crippen molar-refractivity contribution >= 4 is 5.91 Å². The summed E-state index contributed by atoms with van der Waals surface area (Å²) in [5.74, 6) is -0.146. The SMILES string of the molecule is C[C@@H](O)C(=O)N(C)C1CCCCC1. The third kappa shape index (κ3) is 2.69. The molecular weight excluding hydrogens is 166 g/mol. The van der Waals surface area contributed by atoms with Crippen molar-refractivity contribution in [3.05, 3.63) is 0 Å². The number of aliphatic hydroxyl groups excluding tert-OH is 1. The van der Waals surface area contributed by atoms with Crippen LogP contribution in [0.25, 0.3) is 0 Å². The highest BCUT2D eigenvalue weighted by Gasteiger charge is 2.24. The lowest BCUT2D eigenvalue weighted by Crippen LogP contribution is -2.42. The van der Waals surface area contributed by atoms with Gasteiger partial charge >= 0.3 is 0 Å². The van der Waals surface area contributed by atoms with Gasteiger partial charge in [0.05, 0.1) is 0 Å². The molecule has 3 nitrogen and oxygen atoms in total. The fourth-order valence-electron chi connectivity index (χ4n) is 1.94. The highest BCUT2D eigenvalue weighted by atomic mass is 16.3. The molecule has 76 valence electrons. The molecule has 0 radical (unpaired) electrons. The Balaban J connectivity index is 2.45. The van der Waals surface area contributed by atoms with Crippen LogP contribution in [0.3, 0.4) is 0 Å². The minimum absolute atomic E-state index is 0.146. The molecule has 0 aromatic rings. The standard InChI is InChI=1S/C10H19NO2/c1-8(12)10(13)11(2)9-6-4-3-5-7-9/h8-9,12H,3-7H2,1-2H3/t8-/m1/s1. The fourth-order valence-corrected chi connectivity index (χ4v) is 1.94. The predicted molar refractivity (Wildman–Crippen MR) is 51.3 cm³/mol. The first-order valence-corrected chi connectivity index (χ1v) is 5.07. The Morgan fingerprint density at radius 3 is 2.38 bits per heavy atom. The van der Waals surface area contributed by atoms with Crippen LogP contribution in [0.1, 0.15) is 39.0 Å². The number of amides is 1. The normalized spacial score (nSPS) is 21.2. The van der Waals surface area contributed by atoms with Crippen LogP contribution in [0, 0.1) is 0 Å². The fraction of sp³-hybridized carbons (Fsp3) is 0.900. The number of carbonyl (C=O) groups excluding carboxylic acids is 1. The summed E-state index contributed by atoms with van der Waals surface area (Å²) >= 11 is 0. The number of nitrogens with zero attached hydrogens (tertiary/aromatic N) is 1. The number of carbonyl (C=O) groups is 1. The van der Waals surface area contributed by atoms with Crippen LogP contribution < -0.4 is 0 Å². The second-order valence-corrected chi connectivity index (χ2v) is 3.92. The quantitative estimate of drug-likeness (QED) is 0.701. The maximum atomic E-state index is 11.4. The van der Waals surface area contributed by atoms with Gasteiger partial charge in [-0.25, -0.2) is 0 Å². The lowest BCUT2D eigenvalue weighted by molar-refractivity contribution is -0.140. The minimum atomic E-state index is -0.855. The summed E-state index contributed by atoms with van der Waals surface area (Å²) in [4.78, 5) is 13.1. The Morgan fingerprint density at radius 2 is 1.92 bits per heavy atom. The molecule has 1 aliphatic carbocycles. The first kappa shape index (κ1) is 10.5. The van der Waals surface area contributed by atoms with Crippen LogP contribution in [0.5, 0.6) is 0 Å².